The Bertz CT molecular complexity index is 4570. The van der Waals surface area contributed by atoms with Crippen molar-refractivity contribution in [2.24, 2.45) is 0 Å². The summed E-state index contributed by atoms with van der Waals surface area (Å²) in [5.74, 6) is 0. The summed E-state index contributed by atoms with van der Waals surface area (Å²) < 4.78 is 4.92. The Morgan fingerprint density at radius 2 is 0.590 bits per heavy atom. The third-order valence-electron chi connectivity index (χ3n) is 17.9. The molecular formula is C74H56N4. The van der Waals surface area contributed by atoms with Crippen LogP contribution in [0, 0.1) is 13.8 Å². The van der Waals surface area contributed by atoms with Gasteiger partial charge in [-0.2, -0.15) is 0 Å². The molecule has 14 aromatic rings. The first-order valence-corrected chi connectivity index (χ1v) is 27.5. The van der Waals surface area contributed by atoms with Crippen LogP contribution in [0.3, 0.4) is 0 Å². The van der Waals surface area contributed by atoms with Crippen molar-refractivity contribution in [3.8, 4) is 11.4 Å². The predicted molar refractivity (Wildman–Crippen MR) is 331 cm³/mol. The number of rotatable bonds is 4. The average Bonchev–Trinajstić information content (AvgIpc) is 4.09. The number of hydrogen-bond donors (Lipinski definition) is 0. The van der Waals surface area contributed by atoms with Gasteiger partial charge in [0.2, 0.25) is 0 Å². The molecular weight excluding hydrogens is 945 g/mol. The molecule has 0 radical (unpaired) electrons. The predicted octanol–water partition coefficient (Wildman–Crippen LogP) is 20.2. The fourth-order valence-corrected chi connectivity index (χ4v) is 14.2. The average molecular weight is 1000 g/mol. The van der Waals surface area contributed by atoms with E-state index in [1.807, 2.05) is 0 Å². The van der Waals surface area contributed by atoms with Gasteiger partial charge in [-0.3, -0.25) is 0 Å². The van der Waals surface area contributed by atoms with Gasteiger partial charge >= 0.3 is 0 Å². The third kappa shape index (κ3) is 6.11. The standard InChI is InChI=1S/C74H56N4/c1-45-33-35-59-69(37-45)77(71-43-67-57(39-61(71)73(59,3)4)53-29-17-19-31-63(53)75(67)47-21-9-7-10-22-47)65-41-55-50-26-14-16-28-52(50)66(42-56(55)49-25-13-15-27-51(49)65)78-70-38-46(2)34-36-60(70)74(5,6)62-40-58-54-30-18-20-32-64(54)76(68(58)44-72(62)78)48-23-11-8-12-24-48/h7-44H,1-6H3. The van der Waals surface area contributed by atoms with Crippen LogP contribution in [0.5, 0.6) is 0 Å². The summed E-state index contributed by atoms with van der Waals surface area (Å²) >= 11 is 0. The van der Waals surface area contributed by atoms with Crippen LogP contribution in [-0.4, -0.2) is 9.13 Å². The van der Waals surface area contributed by atoms with Crippen LogP contribution in [0.15, 0.2) is 231 Å². The molecule has 0 saturated carbocycles. The number of fused-ring (bicyclic) bond motifs is 15. The maximum absolute atomic E-state index is 2.61. The molecule has 12 aromatic carbocycles. The van der Waals surface area contributed by atoms with Crippen molar-refractivity contribution in [1.29, 1.82) is 0 Å². The molecule has 2 aliphatic heterocycles. The molecule has 16 rings (SSSR count). The highest BCUT2D eigenvalue weighted by Crippen LogP contribution is 2.59. The summed E-state index contributed by atoms with van der Waals surface area (Å²) in [4.78, 5) is 5.22. The number of nitrogens with zero attached hydrogens (tertiary/aromatic N) is 4. The molecule has 4 heterocycles. The lowest BCUT2D eigenvalue weighted by atomic mass is 9.72. The largest absolute Gasteiger partial charge is 0.309 e. The Hall–Kier alpha value is -9.38. The quantitative estimate of drug-likeness (QED) is 0.163. The van der Waals surface area contributed by atoms with Crippen molar-refractivity contribution in [2.75, 3.05) is 9.80 Å². The molecule has 78 heavy (non-hydrogen) atoms. The third-order valence-corrected chi connectivity index (χ3v) is 17.9. The summed E-state index contributed by atoms with van der Waals surface area (Å²) in [5.41, 5.74) is 21.4. The summed E-state index contributed by atoms with van der Waals surface area (Å²) in [6, 6.07) is 87.1. The van der Waals surface area contributed by atoms with Gasteiger partial charge in [-0.15, -0.1) is 0 Å². The van der Waals surface area contributed by atoms with Crippen molar-refractivity contribution < 1.29 is 0 Å². The molecule has 2 aromatic heterocycles. The van der Waals surface area contributed by atoms with E-state index in [-0.39, 0.29) is 10.8 Å². The monoisotopic (exact) mass is 1000 g/mol. The maximum atomic E-state index is 2.61. The molecule has 2 aliphatic rings. The lowest BCUT2D eigenvalue weighted by Crippen LogP contribution is -2.31. The van der Waals surface area contributed by atoms with Crippen LogP contribution in [0.1, 0.15) is 61.1 Å². The number of para-hydroxylation sites is 4. The molecule has 0 unspecified atom stereocenters. The SMILES string of the molecule is Cc1ccc2c(c1)N(c1cc3c4ccccc4c(N4c5cc(C)ccc5C(C)(C)c5cc6c7ccccc7n(-c7ccccc7)c6cc54)cc3c3ccccc13)c1cc3c(cc1C2(C)C)c1ccccc1n3-c1ccccc1. The maximum Gasteiger partial charge on any atom is 0.0562 e. The molecule has 372 valence electrons. The second-order valence-electron chi connectivity index (χ2n) is 23.1. The zero-order valence-corrected chi connectivity index (χ0v) is 44.7. The number of aromatic nitrogens is 2. The van der Waals surface area contributed by atoms with Crippen molar-refractivity contribution >= 4 is 110 Å². The highest BCUT2D eigenvalue weighted by molar-refractivity contribution is 6.25. The van der Waals surface area contributed by atoms with Crippen LogP contribution >= 0.6 is 0 Å². The van der Waals surface area contributed by atoms with Crippen molar-refractivity contribution in [3.63, 3.8) is 0 Å². The van der Waals surface area contributed by atoms with Crippen LogP contribution in [0.4, 0.5) is 34.1 Å². The van der Waals surface area contributed by atoms with Gasteiger partial charge in [0.05, 0.1) is 56.2 Å². The van der Waals surface area contributed by atoms with E-state index in [4.69, 9.17) is 0 Å². The second-order valence-corrected chi connectivity index (χ2v) is 23.1. The van der Waals surface area contributed by atoms with Crippen LogP contribution < -0.4 is 9.80 Å². The van der Waals surface area contributed by atoms with Crippen molar-refractivity contribution in [1.82, 2.24) is 9.13 Å². The van der Waals surface area contributed by atoms with Gasteiger partial charge in [-0.1, -0.05) is 173 Å². The minimum absolute atomic E-state index is 0.289. The summed E-state index contributed by atoms with van der Waals surface area (Å²) in [6.07, 6.45) is 0. The zero-order valence-electron chi connectivity index (χ0n) is 44.7. The number of aryl methyl sites for hydroxylation is 2. The minimum Gasteiger partial charge on any atom is -0.309 e. The lowest BCUT2D eigenvalue weighted by molar-refractivity contribution is 0.632. The molecule has 0 amide bonds. The second kappa shape index (κ2) is 16.1. The number of anilines is 6. The smallest absolute Gasteiger partial charge is 0.0562 e. The normalized spacial score (nSPS) is 14.4. The van der Waals surface area contributed by atoms with Crippen LogP contribution in [0.2, 0.25) is 0 Å². The fraction of sp³-hybridized carbons (Fsp3) is 0.108. The topological polar surface area (TPSA) is 16.3 Å². The molecule has 0 N–H and O–H groups in total. The molecule has 0 saturated heterocycles. The highest BCUT2D eigenvalue weighted by Gasteiger charge is 2.41. The number of hydrogen-bond acceptors (Lipinski definition) is 2. The van der Waals surface area contributed by atoms with E-state index in [1.54, 1.807) is 0 Å². The Morgan fingerprint density at radius 1 is 0.244 bits per heavy atom. The van der Waals surface area contributed by atoms with E-state index in [0.717, 1.165) is 11.4 Å². The fourth-order valence-electron chi connectivity index (χ4n) is 14.2. The van der Waals surface area contributed by atoms with Crippen LogP contribution in [-0.2, 0) is 10.8 Å². The van der Waals surface area contributed by atoms with Gasteiger partial charge in [0, 0.05) is 54.5 Å². The molecule has 0 bridgehead atoms. The molecule has 4 nitrogen and oxygen atoms in total. The Morgan fingerprint density at radius 3 is 1.00 bits per heavy atom. The Labute approximate surface area is 454 Å². The Balaban J connectivity index is 0.997. The van der Waals surface area contributed by atoms with E-state index in [1.165, 1.54) is 143 Å². The van der Waals surface area contributed by atoms with Crippen molar-refractivity contribution in [2.45, 2.75) is 52.4 Å². The molecule has 0 spiro atoms. The van der Waals surface area contributed by atoms with Gasteiger partial charge in [0.25, 0.3) is 0 Å². The van der Waals surface area contributed by atoms with Gasteiger partial charge in [-0.05, 0) is 154 Å². The van der Waals surface area contributed by atoms with E-state index < -0.39 is 0 Å². The van der Waals surface area contributed by atoms with E-state index in [0.29, 0.717) is 0 Å². The van der Waals surface area contributed by atoms with Gasteiger partial charge < -0.3 is 18.9 Å². The van der Waals surface area contributed by atoms with E-state index in [2.05, 4.69) is 291 Å². The summed E-state index contributed by atoms with van der Waals surface area (Å²) in [6.45, 7) is 14.1. The molecule has 4 heteroatoms. The molecule has 0 fully saturated rings. The summed E-state index contributed by atoms with van der Waals surface area (Å²) in [5, 5.41) is 12.4. The van der Waals surface area contributed by atoms with E-state index in [9.17, 15) is 0 Å². The lowest BCUT2D eigenvalue weighted by Gasteiger charge is -2.43. The minimum atomic E-state index is -0.289. The van der Waals surface area contributed by atoms with E-state index >= 15 is 0 Å². The van der Waals surface area contributed by atoms with Crippen LogP contribution in [0.25, 0.3) is 87.3 Å². The van der Waals surface area contributed by atoms with Gasteiger partial charge in [0.15, 0.2) is 0 Å². The molecule has 0 aliphatic carbocycles. The first kappa shape index (κ1) is 44.9. The van der Waals surface area contributed by atoms with Gasteiger partial charge in [-0.25, -0.2) is 0 Å². The number of benzene rings is 12. The molecule has 0 atom stereocenters. The highest BCUT2D eigenvalue weighted by atomic mass is 15.2. The van der Waals surface area contributed by atoms with Gasteiger partial charge in [0.1, 0.15) is 0 Å². The first-order valence-electron chi connectivity index (χ1n) is 27.5. The Kier molecular flexibility index (Phi) is 9.25. The van der Waals surface area contributed by atoms with Crippen molar-refractivity contribution in [3.05, 3.63) is 264 Å². The zero-order chi connectivity index (χ0) is 52.3. The first-order chi connectivity index (χ1) is 38.0. The summed E-state index contributed by atoms with van der Waals surface area (Å²) in [7, 11) is 0.